The van der Waals surface area contributed by atoms with Crippen molar-refractivity contribution in [3.63, 3.8) is 0 Å². The van der Waals surface area contributed by atoms with E-state index in [0.29, 0.717) is 11.9 Å². The van der Waals surface area contributed by atoms with Crippen LogP contribution in [0.3, 0.4) is 0 Å². The van der Waals surface area contributed by atoms with Crippen molar-refractivity contribution in [3.05, 3.63) is 40.5 Å². The fraction of sp³-hybridized carbons (Fsp3) is 0.400. The largest absolute Gasteiger partial charge is 0.368 e. The minimum Gasteiger partial charge on any atom is -0.368 e. The Hall–Kier alpha value is -1.97. The summed E-state index contributed by atoms with van der Waals surface area (Å²) in [6.45, 7) is 3.09. The molecule has 0 radical (unpaired) electrons. The van der Waals surface area contributed by atoms with E-state index in [1.54, 1.807) is 23.6 Å². The molecular formula is C15H17N5S. The first-order chi connectivity index (χ1) is 10.4. The molecule has 6 heteroatoms. The van der Waals surface area contributed by atoms with E-state index in [-0.39, 0.29) is 5.82 Å². The van der Waals surface area contributed by atoms with E-state index in [9.17, 15) is 0 Å². The molecule has 21 heavy (non-hydrogen) atoms. The van der Waals surface area contributed by atoms with Gasteiger partial charge in [0, 0.05) is 17.6 Å². The number of thiophene rings is 1. The van der Waals surface area contributed by atoms with Crippen LogP contribution in [0.2, 0.25) is 0 Å². The Morgan fingerprint density at radius 2 is 2.24 bits per heavy atom. The molecule has 1 unspecified atom stereocenters. The Kier molecular flexibility index (Phi) is 4.43. The average molecular weight is 299 g/mol. The zero-order valence-corrected chi connectivity index (χ0v) is 12.5. The summed E-state index contributed by atoms with van der Waals surface area (Å²) in [4.78, 5) is 12.0. The lowest BCUT2D eigenvalue weighted by Crippen LogP contribution is -2.30. The Balaban J connectivity index is 1.71. The number of likely N-dealkylation sites (tertiary alicyclic amines) is 1. The maximum atomic E-state index is 8.85. The Morgan fingerprint density at radius 1 is 1.38 bits per heavy atom. The molecule has 0 saturated carbocycles. The minimum absolute atomic E-state index is 0.203. The molecule has 0 amide bonds. The first-order valence-electron chi connectivity index (χ1n) is 7.11. The van der Waals surface area contributed by atoms with E-state index in [0.717, 1.165) is 19.6 Å². The van der Waals surface area contributed by atoms with Crippen molar-refractivity contribution >= 4 is 17.2 Å². The van der Waals surface area contributed by atoms with Crippen molar-refractivity contribution in [3.8, 4) is 6.07 Å². The van der Waals surface area contributed by atoms with E-state index in [4.69, 9.17) is 5.26 Å². The molecule has 0 spiro atoms. The Labute approximate surface area is 128 Å². The summed E-state index contributed by atoms with van der Waals surface area (Å²) in [7, 11) is 0. The third-order valence-corrected chi connectivity index (χ3v) is 4.66. The predicted octanol–water partition coefficient (Wildman–Crippen LogP) is 2.66. The fourth-order valence-corrected chi connectivity index (χ4v) is 3.52. The van der Waals surface area contributed by atoms with Gasteiger partial charge in [-0.1, -0.05) is 6.07 Å². The second kappa shape index (κ2) is 6.66. The van der Waals surface area contributed by atoms with Crippen LogP contribution < -0.4 is 5.32 Å². The number of hydrogen-bond acceptors (Lipinski definition) is 6. The second-order valence-corrected chi connectivity index (χ2v) is 6.01. The summed E-state index contributed by atoms with van der Waals surface area (Å²) in [6, 6.07) is 8.43. The van der Waals surface area contributed by atoms with E-state index in [2.05, 4.69) is 37.7 Å². The van der Waals surface area contributed by atoms with Crippen LogP contribution in [0.1, 0.15) is 29.6 Å². The molecule has 3 rings (SSSR count). The number of nitrogens with one attached hydrogen (secondary N) is 1. The van der Waals surface area contributed by atoms with Crippen molar-refractivity contribution in [1.82, 2.24) is 14.9 Å². The van der Waals surface area contributed by atoms with E-state index >= 15 is 0 Å². The molecule has 1 atom stereocenters. The highest BCUT2D eigenvalue weighted by molar-refractivity contribution is 7.10. The number of aromatic nitrogens is 2. The van der Waals surface area contributed by atoms with Crippen LogP contribution in [-0.4, -0.2) is 34.5 Å². The monoisotopic (exact) mass is 299 g/mol. The van der Waals surface area contributed by atoms with Gasteiger partial charge in [-0.05, 0) is 43.4 Å². The molecule has 5 nitrogen and oxygen atoms in total. The van der Waals surface area contributed by atoms with Crippen molar-refractivity contribution < 1.29 is 0 Å². The molecule has 0 aliphatic carbocycles. The Bertz CT molecular complexity index is 613. The highest BCUT2D eigenvalue weighted by Crippen LogP contribution is 2.28. The molecule has 1 aliphatic rings. The zero-order chi connectivity index (χ0) is 14.5. The van der Waals surface area contributed by atoms with Crippen LogP contribution in [-0.2, 0) is 0 Å². The second-order valence-electron chi connectivity index (χ2n) is 5.03. The van der Waals surface area contributed by atoms with E-state index < -0.39 is 0 Å². The SMILES string of the molecule is N#Cc1nccc(NCC(c2cccs2)N2CCCC2)n1. The lowest BCUT2D eigenvalue weighted by Gasteiger charge is -2.27. The van der Waals surface area contributed by atoms with Gasteiger partial charge in [0.15, 0.2) is 0 Å². The summed E-state index contributed by atoms with van der Waals surface area (Å²) < 4.78 is 0. The summed E-state index contributed by atoms with van der Waals surface area (Å²) in [5, 5.41) is 14.3. The number of anilines is 1. The number of nitriles is 1. The molecular weight excluding hydrogens is 282 g/mol. The van der Waals surface area contributed by atoms with Gasteiger partial charge in [-0.3, -0.25) is 4.90 Å². The fourth-order valence-electron chi connectivity index (χ4n) is 2.66. The van der Waals surface area contributed by atoms with Crippen LogP contribution in [0.15, 0.2) is 29.8 Å². The summed E-state index contributed by atoms with van der Waals surface area (Å²) in [5.74, 6) is 0.913. The van der Waals surface area contributed by atoms with Gasteiger partial charge in [0.05, 0.1) is 6.04 Å². The number of hydrogen-bond donors (Lipinski definition) is 1. The standard InChI is InChI=1S/C15H17N5S/c16-10-15-17-6-5-14(19-15)18-11-12(13-4-3-9-21-13)20-7-1-2-8-20/h3-6,9,12H,1-2,7-8,11H2,(H,17,18,19). The molecule has 108 valence electrons. The molecule has 0 bridgehead atoms. The molecule has 1 saturated heterocycles. The molecule has 2 aromatic heterocycles. The lowest BCUT2D eigenvalue weighted by atomic mass is 10.2. The van der Waals surface area contributed by atoms with Gasteiger partial charge in [0.25, 0.3) is 0 Å². The average Bonchev–Trinajstić information content (AvgIpc) is 3.21. The third-order valence-electron chi connectivity index (χ3n) is 3.69. The van der Waals surface area contributed by atoms with Gasteiger partial charge in [-0.25, -0.2) is 9.97 Å². The quantitative estimate of drug-likeness (QED) is 0.919. The molecule has 1 aliphatic heterocycles. The third kappa shape index (κ3) is 3.38. The van der Waals surface area contributed by atoms with E-state index in [1.165, 1.54) is 17.7 Å². The predicted molar refractivity (Wildman–Crippen MR) is 83.1 cm³/mol. The molecule has 2 aromatic rings. The van der Waals surface area contributed by atoms with Gasteiger partial charge in [-0.15, -0.1) is 11.3 Å². The highest BCUT2D eigenvalue weighted by atomic mass is 32.1. The zero-order valence-electron chi connectivity index (χ0n) is 11.7. The maximum absolute atomic E-state index is 8.85. The van der Waals surface area contributed by atoms with Crippen LogP contribution in [0.25, 0.3) is 0 Å². The lowest BCUT2D eigenvalue weighted by molar-refractivity contribution is 0.259. The van der Waals surface area contributed by atoms with Gasteiger partial charge in [0.1, 0.15) is 11.9 Å². The summed E-state index contributed by atoms with van der Waals surface area (Å²) in [6.07, 6.45) is 4.16. The van der Waals surface area contributed by atoms with Gasteiger partial charge in [0.2, 0.25) is 5.82 Å². The summed E-state index contributed by atoms with van der Waals surface area (Å²) in [5.41, 5.74) is 0. The van der Waals surface area contributed by atoms with E-state index in [1.807, 2.05) is 6.07 Å². The topological polar surface area (TPSA) is 64.8 Å². The Morgan fingerprint density at radius 3 is 2.95 bits per heavy atom. The molecule has 0 aromatic carbocycles. The maximum Gasteiger partial charge on any atom is 0.234 e. The van der Waals surface area contributed by atoms with Crippen molar-refractivity contribution in [2.75, 3.05) is 25.0 Å². The normalized spacial score (nSPS) is 16.5. The molecule has 3 heterocycles. The number of rotatable bonds is 5. The van der Waals surface area contributed by atoms with Crippen LogP contribution in [0, 0.1) is 11.3 Å². The smallest absolute Gasteiger partial charge is 0.234 e. The van der Waals surface area contributed by atoms with Crippen LogP contribution in [0.5, 0.6) is 0 Å². The van der Waals surface area contributed by atoms with Gasteiger partial charge in [-0.2, -0.15) is 5.26 Å². The molecule has 1 fully saturated rings. The van der Waals surface area contributed by atoms with Crippen molar-refractivity contribution in [1.29, 1.82) is 5.26 Å². The first kappa shape index (κ1) is 14.0. The molecule has 1 N–H and O–H groups in total. The van der Waals surface area contributed by atoms with Crippen molar-refractivity contribution in [2.45, 2.75) is 18.9 Å². The first-order valence-corrected chi connectivity index (χ1v) is 7.99. The minimum atomic E-state index is 0.203. The van der Waals surface area contributed by atoms with Crippen molar-refractivity contribution in [2.24, 2.45) is 0 Å². The summed E-state index contributed by atoms with van der Waals surface area (Å²) >= 11 is 1.79. The van der Waals surface area contributed by atoms with Gasteiger partial charge < -0.3 is 5.32 Å². The van der Waals surface area contributed by atoms with Gasteiger partial charge >= 0.3 is 0 Å². The van der Waals surface area contributed by atoms with Crippen LogP contribution in [0.4, 0.5) is 5.82 Å². The number of nitrogens with zero attached hydrogens (tertiary/aromatic N) is 4. The highest BCUT2D eigenvalue weighted by Gasteiger charge is 2.24. The van der Waals surface area contributed by atoms with Crippen LogP contribution >= 0.6 is 11.3 Å².